The van der Waals surface area contributed by atoms with Crippen molar-refractivity contribution in [2.24, 2.45) is 5.92 Å². The Balaban J connectivity index is 1.62. The lowest BCUT2D eigenvalue weighted by atomic mass is 9.99. The standard InChI is InChI=1S/C17H25N3O2/c1-11(2)18-17(21)15-7-14-9-20(10-16(15)22-14)8-13-6-4-5-12(3)19-13/h4-6,11,14-16H,7-10H2,1-3H3,(H,18,21). The summed E-state index contributed by atoms with van der Waals surface area (Å²) in [4.78, 5) is 19.2. The largest absolute Gasteiger partial charge is 0.371 e. The number of hydrogen-bond donors (Lipinski definition) is 1. The number of aromatic nitrogens is 1. The number of pyridine rings is 1. The van der Waals surface area contributed by atoms with E-state index < -0.39 is 0 Å². The van der Waals surface area contributed by atoms with Gasteiger partial charge in [-0.1, -0.05) is 6.07 Å². The molecule has 0 radical (unpaired) electrons. The van der Waals surface area contributed by atoms with E-state index in [0.717, 1.165) is 37.4 Å². The molecule has 0 aromatic carbocycles. The molecule has 3 atom stereocenters. The molecule has 3 heterocycles. The maximum atomic E-state index is 12.3. The molecule has 1 aromatic heterocycles. The Kier molecular flexibility index (Phi) is 4.45. The van der Waals surface area contributed by atoms with E-state index in [9.17, 15) is 4.79 Å². The van der Waals surface area contributed by atoms with Crippen LogP contribution in [0.25, 0.3) is 0 Å². The van der Waals surface area contributed by atoms with Crippen LogP contribution in [-0.4, -0.2) is 47.1 Å². The van der Waals surface area contributed by atoms with E-state index in [1.165, 1.54) is 0 Å². The minimum Gasteiger partial charge on any atom is -0.371 e. The van der Waals surface area contributed by atoms with Gasteiger partial charge in [-0.2, -0.15) is 0 Å². The molecule has 22 heavy (non-hydrogen) atoms. The third-order valence-electron chi connectivity index (χ3n) is 4.33. The molecule has 120 valence electrons. The Morgan fingerprint density at radius 2 is 2.27 bits per heavy atom. The summed E-state index contributed by atoms with van der Waals surface area (Å²) in [5, 5.41) is 3.02. The van der Waals surface area contributed by atoms with Gasteiger partial charge in [0.15, 0.2) is 0 Å². The summed E-state index contributed by atoms with van der Waals surface area (Å²) >= 11 is 0. The molecule has 1 aromatic rings. The van der Waals surface area contributed by atoms with Gasteiger partial charge < -0.3 is 10.1 Å². The van der Waals surface area contributed by atoms with E-state index in [0.29, 0.717) is 0 Å². The summed E-state index contributed by atoms with van der Waals surface area (Å²) in [6, 6.07) is 6.30. The quantitative estimate of drug-likeness (QED) is 0.916. The second-order valence-electron chi connectivity index (χ2n) is 6.77. The van der Waals surface area contributed by atoms with E-state index in [2.05, 4.69) is 21.3 Å². The zero-order chi connectivity index (χ0) is 15.7. The second kappa shape index (κ2) is 6.34. The first-order valence-corrected chi connectivity index (χ1v) is 8.12. The molecule has 0 spiro atoms. The Morgan fingerprint density at radius 3 is 3.00 bits per heavy atom. The highest BCUT2D eigenvalue weighted by Gasteiger charge is 2.44. The summed E-state index contributed by atoms with van der Waals surface area (Å²) in [7, 11) is 0. The number of morpholine rings is 1. The average molecular weight is 303 g/mol. The minimum atomic E-state index is -0.0112. The van der Waals surface area contributed by atoms with Gasteiger partial charge in [0.1, 0.15) is 0 Å². The highest BCUT2D eigenvalue weighted by Crippen LogP contribution is 2.32. The SMILES string of the molecule is Cc1cccc(CN2CC3CC(C(=O)NC(C)C)C(C2)O3)n1. The molecule has 3 unspecified atom stereocenters. The van der Waals surface area contributed by atoms with Crippen LogP contribution in [0.15, 0.2) is 18.2 Å². The zero-order valence-corrected chi connectivity index (χ0v) is 13.6. The first kappa shape index (κ1) is 15.4. The van der Waals surface area contributed by atoms with Crippen molar-refractivity contribution in [1.29, 1.82) is 0 Å². The monoisotopic (exact) mass is 303 g/mol. The predicted molar refractivity (Wildman–Crippen MR) is 84.3 cm³/mol. The van der Waals surface area contributed by atoms with Crippen molar-refractivity contribution in [2.75, 3.05) is 13.1 Å². The van der Waals surface area contributed by atoms with E-state index in [1.807, 2.05) is 32.9 Å². The fraction of sp³-hybridized carbons (Fsp3) is 0.647. The van der Waals surface area contributed by atoms with Crippen LogP contribution < -0.4 is 5.32 Å². The number of rotatable bonds is 4. The summed E-state index contributed by atoms with van der Waals surface area (Å²) in [5.41, 5.74) is 2.13. The van der Waals surface area contributed by atoms with Gasteiger partial charge in [0, 0.05) is 31.4 Å². The first-order valence-electron chi connectivity index (χ1n) is 8.12. The topological polar surface area (TPSA) is 54.5 Å². The van der Waals surface area contributed by atoms with E-state index in [4.69, 9.17) is 4.74 Å². The molecule has 2 aliphatic rings. The summed E-state index contributed by atoms with van der Waals surface area (Å²) in [6.45, 7) is 8.53. The number of ether oxygens (including phenoxy) is 1. The lowest BCUT2D eigenvalue weighted by Crippen LogP contribution is -2.45. The van der Waals surface area contributed by atoms with Gasteiger partial charge in [0.2, 0.25) is 5.91 Å². The number of carbonyl (C=O) groups is 1. The van der Waals surface area contributed by atoms with Gasteiger partial charge in [0.05, 0.1) is 23.8 Å². The van der Waals surface area contributed by atoms with Crippen LogP contribution >= 0.6 is 0 Å². The molecule has 2 aliphatic heterocycles. The molecule has 1 amide bonds. The first-order chi connectivity index (χ1) is 10.5. The smallest absolute Gasteiger partial charge is 0.226 e. The van der Waals surface area contributed by atoms with Gasteiger partial charge in [0.25, 0.3) is 0 Å². The third kappa shape index (κ3) is 3.47. The molecule has 1 N–H and O–H groups in total. The highest BCUT2D eigenvalue weighted by molar-refractivity contribution is 5.80. The number of nitrogens with zero attached hydrogens (tertiary/aromatic N) is 2. The van der Waals surface area contributed by atoms with Crippen molar-refractivity contribution >= 4 is 5.91 Å². The predicted octanol–water partition coefficient (Wildman–Crippen LogP) is 1.50. The average Bonchev–Trinajstić information content (AvgIpc) is 2.73. The van der Waals surface area contributed by atoms with E-state index >= 15 is 0 Å². The fourth-order valence-electron chi connectivity index (χ4n) is 3.45. The third-order valence-corrected chi connectivity index (χ3v) is 4.33. The van der Waals surface area contributed by atoms with Crippen LogP contribution in [0.4, 0.5) is 0 Å². The van der Waals surface area contributed by atoms with Crippen LogP contribution in [0.5, 0.6) is 0 Å². The van der Waals surface area contributed by atoms with Crippen molar-refractivity contribution in [3.8, 4) is 0 Å². The molecule has 5 heteroatoms. The number of carbonyl (C=O) groups excluding carboxylic acids is 1. The summed E-state index contributed by atoms with van der Waals surface area (Å²) in [5.74, 6) is 0.126. The van der Waals surface area contributed by atoms with Gasteiger partial charge in [-0.15, -0.1) is 0 Å². The molecule has 2 bridgehead atoms. The van der Waals surface area contributed by atoms with Crippen molar-refractivity contribution < 1.29 is 9.53 Å². The Bertz CT molecular complexity index is 546. The zero-order valence-electron chi connectivity index (χ0n) is 13.6. The van der Waals surface area contributed by atoms with Gasteiger partial charge in [-0.05, 0) is 39.3 Å². The summed E-state index contributed by atoms with van der Waals surface area (Å²) < 4.78 is 5.98. The van der Waals surface area contributed by atoms with Gasteiger partial charge >= 0.3 is 0 Å². The molecule has 5 nitrogen and oxygen atoms in total. The second-order valence-corrected chi connectivity index (χ2v) is 6.77. The molecule has 2 fully saturated rings. The maximum Gasteiger partial charge on any atom is 0.226 e. The number of likely N-dealkylation sites (tertiary alicyclic amines) is 1. The van der Waals surface area contributed by atoms with Crippen LogP contribution in [0.3, 0.4) is 0 Å². The van der Waals surface area contributed by atoms with Crippen molar-refractivity contribution in [2.45, 2.75) is 52.0 Å². The Morgan fingerprint density at radius 1 is 1.45 bits per heavy atom. The molecule has 0 aliphatic carbocycles. The number of hydrogen-bond acceptors (Lipinski definition) is 4. The van der Waals surface area contributed by atoms with E-state index in [1.54, 1.807) is 0 Å². The molecular formula is C17H25N3O2. The number of nitrogens with one attached hydrogen (secondary N) is 1. The van der Waals surface area contributed by atoms with Crippen LogP contribution in [-0.2, 0) is 16.1 Å². The molecule has 2 saturated heterocycles. The van der Waals surface area contributed by atoms with Gasteiger partial charge in [-0.25, -0.2) is 0 Å². The Hall–Kier alpha value is -1.46. The normalized spacial score (nSPS) is 28.1. The maximum absolute atomic E-state index is 12.3. The lowest BCUT2D eigenvalue weighted by molar-refractivity contribution is -0.128. The Labute approximate surface area is 132 Å². The fourth-order valence-corrected chi connectivity index (χ4v) is 3.45. The van der Waals surface area contributed by atoms with Gasteiger partial charge in [-0.3, -0.25) is 14.7 Å². The molecule has 3 rings (SSSR count). The van der Waals surface area contributed by atoms with Crippen LogP contribution in [0, 0.1) is 12.8 Å². The number of amides is 1. The van der Waals surface area contributed by atoms with E-state index in [-0.39, 0.29) is 30.1 Å². The highest BCUT2D eigenvalue weighted by atomic mass is 16.5. The minimum absolute atomic E-state index is 0.0112. The lowest BCUT2D eigenvalue weighted by Gasteiger charge is -2.32. The van der Waals surface area contributed by atoms with Crippen molar-refractivity contribution in [1.82, 2.24) is 15.2 Å². The van der Waals surface area contributed by atoms with Crippen LogP contribution in [0.1, 0.15) is 31.7 Å². The number of fused-ring (bicyclic) bond motifs is 2. The van der Waals surface area contributed by atoms with Crippen molar-refractivity contribution in [3.05, 3.63) is 29.6 Å². The number of aryl methyl sites for hydroxylation is 1. The van der Waals surface area contributed by atoms with Crippen LogP contribution in [0.2, 0.25) is 0 Å². The molecule has 0 saturated carbocycles. The molecular weight excluding hydrogens is 278 g/mol. The van der Waals surface area contributed by atoms with Crippen molar-refractivity contribution in [3.63, 3.8) is 0 Å². The summed E-state index contributed by atoms with van der Waals surface area (Å²) in [6.07, 6.45) is 1.02.